The summed E-state index contributed by atoms with van der Waals surface area (Å²) in [6.45, 7) is 2.05. The molecule has 0 saturated carbocycles. The summed E-state index contributed by atoms with van der Waals surface area (Å²) in [6.07, 6.45) is 4.38. The maximum absolute atomic E-state index is 12.5. The van der Waals surface area contributed by atoms with Crippen molar-refractivity contribution in [3.8, 4) is 0 Å². The SMILES string of the molecule is CCc1ccccc1NC(=O)c1ccc(NC(=O)CSc2nccn2C)cc1. The number of nitrogens with zero attached hydrogens (tertiary/aromatic N) is 2. The van der Waals surface area contributed by atoms with E-state index in [0.29, 0.717) is 11.3 Å². The smallest absolute Gasteiger partial charge is 0.255 e. The molecule has 1 aromatic heterocycles. The van der Waals surface area contributed by atoms with Crippen LogP contribution in [0.1, 0.15) is 22.8 Å². The molecule has 3 rings (SSSR count). The predicted octanol–water partition coefficient (Wildman–Crippen LogP) is 3.97. The van der Waals surface area contributed by atoms with E-state index in [4.69, 9.17) is 0 Å². The number of rotatable bonds is 7. The summed E-state index contributed by atoms with van der Waals surface area (Å²) in [5, 5.41) is 6.56. The average Bonchev–Trinajstić information content (AvgIpc) is 3.12. The number of thioether (sulfide) groups is 1. The monoisotopic (exact) mass is 394 g/mol. The zero-order chi connectivity index (χ0) is 19.9. The standard InChI is InChI=1S/C21H22N4O2S/c1-3-15-6-4-5-7-18(15)24-20(27)16-8-10-17(11-9-16)23-19(26)14-28-21-22-12-13-25(21)2/h4-13H,3,14H2,1-2H3,(H,23,26)(H,24,27). The lowest BCUT2D eigenvalue weighted by molar-refractivity contribution is -0.113. The van der Waals surface area contributed by atoms with Gasteiger partial charge in [0.1, 0.15) is 0 Å². The van der Waals surface area contributed by atoms with Crippen molar-refractivity contribution in [3.05, 3.63) is 72.1 Å². The summed E-state index contributed by atoms with van der Waals surface area (Å²) in [4.78, 5) is 28.7. The Hall–Kier alpha value is -3.06. The number of amides is 2. The van der Waals surface area contributed by atoms with E-state index in [-0.39, 0.29) is 17.6 Å². The molecule has 2 amide bonds. The maximum atomic E-state index is 12.5. The van der Waals surface area contributed by atoms with Crippen molar-refractivity contribution >= 4 is 35.0 Å². The molecule has 3 aromatic rings. The third-order valence-electron chi connectivity index (χ3n) is 4.19. The highest BCUT2D eigenvalue weighted by atomic mass is 32.2. The molecule has 2 aromatic carbocycles. The highest BCUT2D eigenvalue weighted by Crippen LogP contribution is 2.18. The topological polar surface area (TPSA) is 76.0 Å². The maximum Gasteiger partial charge on any atom is 0.255 e. The van der Waals surface area contributed by atoms with Crippen LogP contribution in [0.5, 0.6) is 0 Å². The van der Waals surface area contributed by atoms with Crippen LogP contribution in [0.2, 0.25) is 0 Å². The number of para-hydroxylation sites is 1. The first-order valence-electron chi connectivity index (χ1n) is 8.96. The molecule has 0 unspecified atom stereocenters. The molecule has 0 radical (unpaired) electrons. The van der Waals surface area contributed by atoms with E-state index in [1.54, 1.807) is 30.5 Å². The van der Waals surface area contributed by atoms with Gasteiger partial charge in [0.05, 0.1) is 5.75 Å². The molecule has 0 aliphatic heterocycles. The van der Waals surface area contributed by atoms with Crippen LogP contribution in [0.25, 0.3) is 0 Å². The molecule has 0 atom stereocenters. The zero-order valence-electron chi connectivity index (χ0n) is 15.8. The fourth-order valence-electron chi connectivity index (χ4n) is 2.67. The van der Waals surface area contributed by atoms with Gasteiger partial charge in [-0.2, -0.15) is 0 Å². The normalized spacial score (nSPS) is 10.5. The van der Waals surface area contributed by atoms with Crippen molar-refractivity contribution < 1.29 is 9.59 Å². The van der Waals surface area contributed by atoms with Crippen LogP contribution in [0.4, 0.5) is 11.4 Å². The summed E-state index contributed by atoms with van der Waals surface area (Å²) < 4.78 is 1.86. The molecule has 0 bridgehead atoms. The lowest BCUT2D eigenvalue weighted by Gasteiger charge is -2.10. The average molecular weight is 395 g/mol. The van der Waals surface area contributed by atoms with Crippen LogP contribution in [0.3, 0.4) is 0 Å². The number of aryl methyl sites for hydroxylation is 2. The molecule has 2 N–H and O–H groups in total. The summed E-state index contributed by atoms with van der Waals surface area (Å²) >= 11 is 1.37. The molecule has 0 fully saturated rings. The van der Waals surface area contributed by atoms with Gasteiger partial charge in [-0.25, -0.2) is 4.98 Å². The Kier molecular flexibility index (Phi) is 6.49. The minimum atomic E-state index is -0.177. The fraction of sp³-hybridized carbons (Fsp3) is 0.190. The second-order valence-corrected chi connectivity index (χ2v) is 7.14. The quantitative estimate of drug-likeness (QED) is 0.595. The van der Waals surface area contributed by atoms with Crippen LogP contribution in [-0.4, -0.2) is 27.1 Å². The molecule has 28 heavy (non-hydrogen) atoms. The van der Waals surface area contributed by atoms with Crippen LogP contribution in [0.15, 0.2) is 66.1 Å². The minimum absolute atomic E-state index is 0.123. The third-order valence-corrected chi connectivity index (χ3v) is 5.24. The van der Waals surface area contributed by atoms with Gasteiger partial charge in [-0.05, 0) is 42.3 Å². The Morgan fingerprint density at radius 3 is 2.50 bits per heavy atom. The Morgan fingerprint density at radius 1 is 1.07 bits per heavy atom. The number of carbonyl (C=O) groups is 2. The van der Waals surface area contributed by atoms with E-state index in [1.807, 2.05) is 42.1 Å². The third kappa shape index (κ3) is 5.01. The molecule has 0 saturated heterocycles. The van der Waals surface area contributed by atoms with E-state index in [0.717, 1.165) is 22.8 Å². The first-order valence-corrected chi connectivity index (χ1v) is 9.94. The molecule has 0 aliphatic carbocycles. The molecular weight excluding hydrogens is 372 g/mol. The molecule has 7 heteroatoms. The molecule has 6 nitrogen and oxygen atoms in total. The largest absolute Gasteiger partial charge is 0.329 e. The van der Waals surface area contributed by atoms with E-state index >= 15 is 0 Å². The zero-order valence-corrected chi connectivity index (χ0v) is 16.6. The number of nitrogens with one attached hydrogen (secondary N) is 2. The lowest BCUT2D eigenvalue weighted by atomic mass is 10.1. The van der Waals surface area contributed by atoms with E-state index in [9.17, 15) is 9.59 Å². The number of benzene rings is 2. The minimum Gasteiger partial charge on any atom is -0.329 e. The Morgan fingerprint density at radius 2 is 1.82 bits per heavy atom. The van der Waals surface area contributed by atoms with Gasteiger partial charge in [-0.15, -0.1) is 0 Å². The van der Waals surface area contributed by atoms with Crippen molar-refractivity contribution in [2.45, 2.75) is 18.5 Å². The number of hydrogen-bond acceptors (Lipinski definition) is 4. The van der Waals surface area contributed by atoms with Gasteiger partial charge in [-0.1, -0.05) is 36.9 Å². The van der Waals surface area contributed by atoms with E-state index in [2.05, 4.69) is 22.5 Å². The van der Waals surface area contributed by atoms with Crippen LogP contribution < -0.4 is 10.6 Å². The van der Waals surface area contributed by atoms with E-state index < -0.39 is 0 Å². The fourth-order valence-corrected chi connectivity index (χ4v) is 3.40. The second kappa shape index (κ2) is 9.23. The van der Waals surface area contributed by atoms with Crippen LogP contribution in [0, 0.1) is 0 Å². The highest BCUT2D eigenvalue weighted by Gasteiger charge is 2.10. The lowest BCUT2D eigenvalue weighted by Crippen LogP contribution is -2.15. The van der Waals surface area contributed by atoms with Gasteiger partial charge in [0.25, 0.3) is 5.91 Å². The second-order valence-electron chi connectivity index (χ2n) is 6.20. The Labute approximate surface area is 168 Å². The first kappa shape index (κ1) is 19.7. The number of hydrogen-bond donors (Lipinski definition) is 2. The Balaban J connectivity index is 1.56. The number of anilines is 2. The molecule has 144 valence electrons. The van der Waals surface area contributed by atoms with Gasteiger partial charge in [0.15, 0.2) is 5.16 Å². The van der Waals surface area contributed by atoms with Gasteiger partial charge in [0.2, 0.25) is 5.91 Å². The van der Waals surface area contributed by atoms with Gasteiger partial charge in [-0.3, -0.25) is 9.59 Å². The van der Waals surface area contributed by atoms with Crippen molar-refractivity contribution in [1.82, 2.24) is 9.55 Å². The number of aromatic nitrogens is 2. The van der Waals surface area contributed by atoms with Crippen molar-refractivity contribution in [2.24, 2.45) is 7.05 Å². The number of imidazole rings is 1. The van der Waals surface area contributed by atoms with Gasteiger partial charge in [0, 0.05) is 36.4 Å². The van der Waals surface area contributed by atoms with Gasteiger partial charge >= 0.3 is 0 Å². The summed E-state index contributed by atoms with van der Waals surface area (Å²) in [6, 6.07) is 14.6. The number of carbonyl (C=O) groups excluding carboxylic acids is 2. The summed E-state index contributed by atoms with van der Waals surface area (Å²) in [5.74, 6) is -0.0351. The van der Waals surface area contributed by atoms with Gasteiger partial charge < -0.3 is 15.2 Å². The molecule has 0 aliphatic rings. The molecule has 1 heterocycles. The van der Waals surface area contributed by atoms with Crippen LogP contribution >= 0.6 is 11.8 Å². The van der Waals surface area contributed by atoms with E-state index in [1.165, 1.54) is 11.8 Å². The van der Waals surface area contributed by atoms with Crippen molar-refractivity contribution in [1.29, 1.82) is 0 Å². The molecule has 0 spiro atoms. The highest BCUT2D eigenvalue weighted by molar-refractivity contribution is 7.99. The predicted molar refractivity (Wildman–Crippen MR) is 113 cm³/mol. The first-order chi connectivity index (χ1) is 13.6. The van der Waals surface area contributed by atoms with Crippen molar-refractivity contribution in [2.75, 3.05) is 16.4 Å². The van der Waals surface area contributed by atoms with Crippen LogP contribution in [-0.2, 0) is 18.3 Å². The molecular formula is C21H22N4O2S. The Bertz CT molecular complexity index is 967. The van der Waals surface area contributed by atoms with Crippen molar-refractivity contribution in [3.63, 3.8) is 0 Å². The summed E-state index contributed by atoms with van der Waals surface area (Å²) in [5.41, 5.74) is 3.09. The summed E-state index contributed by atoms with van der Waals surface area (Å²) in [7, 11) is 1.88.